The van der Waals surface area contributed by atoms with Crippen LogP contribution in [-0.4, -0.2) is 116 Å². The fourth-order valence-electron chi connectivity index (χ4n) is 3.66. The van der Waals surface area contributed by atoms with Gasteiger partial charge in [0.1, 0.15) is 42.7 Å². The lowest BCUT2D eigenvalue weighted by Gasteiger charge is -2.43. The van der Waals surface area contributed by atoms with E-state index >= 15 is 0 Å². The number of hydrogen-bond donors (Lipinski definition) is 7. The van der Waals surface area contributed by atoms with E-state index in [0.717, 1.165) is 4.88 Å². The van der Waals surface area contributed by atoms with E-state index in [1.54, 1.807) is 0 Å². The second kappa shape index (κ2) is 11.8. The summed E-state index contributed by atoms with van der Waals surface area (Å²) in [6.07, 6.45) is -11.9. The fraction of sp³-hybridized carbons (Fsp3) is 0.789. The van der Waals surface area contributed by atoms with E-state index in [4.69, 9.17) is 9.47 Å². The van der Waals surface area contributed by atoms with Crippen molar-refractivity contribution < 1.29 is 45.2 Å². The zero-order chi connectivity index (χ0) is 22.4. The van der Waals surface area contributed by atoms with Crippen molar-refractivity contribution in [1.29, 1.82) is 0 Å². The highest BCUT2D eigenvalue weighted by Gasteiger charge is 2.47. The van der Waals surface area contributed by atoms with E-state index in [9.17, 15) is 35.7 Å². The van der Waals surface area contributed by atoms with Crippen molar-refractivity contribution in [3.8, 4) is 0 Å². The van der Waals surface area contributed by atoms with Gasteiger partial charge in [-0.3, -0.25) is 4.90 Å². The monoisotopic (exact) mass is 451 g/mol. The Kier molecular flexibility index (Phi) is 10.0. The summed E-state index contributed by atoms with van der Waals surface area (Å²) in [6, 6.07) is 3.10. The molecule has 0 radical (unpaired) electrons. The topological polar surface area (TPSA) is 163 Å². The molecule has 1 aliphatic rings. The lowest BCUT2D eigenvalue weighted by atomic mass is 9.96. The van der Waals surface area contributed by atoms with Gasteiger partial charge in [-0.05, 0) is 24.5 Å². The summed E-state index contributed by atoms with van der Waals surface area (Å²) in [4.78, 5) is 2.78. The van der Waals surface area contributed by atoms with Crippen LogP contribution in [0.4, 0.5) is 0 Å². The molecule has 0 aliphatic carbocycles. The maximum absolute atomic E-state index is 11.2. The first kappa shape index (κ1) is 25.6. The molecule has 174 valence electrons. The minimum atomic E-state index is -1.70. The molecular formula is C19H33NO9S. The van der Waals surface area contributed by atoms with Gasteiger partial charge in [-0.2, -0.15) is 0 Å². The smallest absolute Gasteiger partial charge is 0.187 e. The molecule has 2 rings (SSSR count). The van der Waals surface area contributed by atoms with Crippen LogP contribution in [0.1, 0.15) is 24.8 Å². The van der Waals surface area contributed by atoms with Crippen LogP contribution in [-0.2, 0) is 9.47 Å². The van der Waals surface area contributed by atoms with Crippen molar-refractivity contribution in [2.75, 3.05) is 26.3 Å². The highest BCUT2D eigenvalue weighted by atomic mass is 32.1. The van der Waals surface area contributed by atoms with Gasteiger partial charge in [0.05, 0.1) is 19.3 Å². The molecule has 0 bridgehead atoms. The first-order chi connectivity index (χ1) is 14.3. The molecule has 1 aromatic rings. The maximum atomic E-state index is 11.2. The molecule has 0 spiro atoms. The molecule has 0 amide bonds. The number of aliphatic hydroxyl groups is 7. The highest BCUT2D eigenvalue weighted by Crippen LogP contribution is 2.33. The summed E-state index contributed by atoms with van der Waals surface area (Å²) in [5.41, 5.74) is 0. The number of ether oxygens (including phenoxy) is 2. The predicted octanol–water partition coefficient (Wildman–Crippen LogP) is -1.97. The van der Waals surface area contributed by atoms with E-state index in [0.29, 0.717) is 13.1 Å². The van der Waals surface area contributed by atoms with Crippen LogP contribution in [0.5, 0.6) is 0 Å². The van der Waals surface area contributed by atoms with Crippen LogP contribution < -0.4 is 0 Å². The summed E-state index contributed by atoms with van der Waals surface area (Å²) in [5.74, 6) is 0. The number of hydrogen-bond acceptors (Lipinski definition) is 11. The van der Waals surface area contributed by atoms with Crippen molar-refractivity contribution in [2.24, 2.45) is 0 Å². The average molecular weight is 452 g/mol. The molecule has 9 atom stereocenters. The summed E-state index contributed by atoms with van der Waals surface area (Å²) in [6.45, 7) is 3.67. The van der Waals surface area contributed by atoms with Gasteiger partial charge in [0, 0.05) is 4.88 Å². The first-order valence-corrected chi connectivity index (χ1v) is 10.9. The first-order valence-electron chi connectivity index (χ1n) is 10.0. The Morgan fingerprint density at radius 3 is 2.27 bits per heavy atom. The largest absolute Gasteiger partial charge is 0.394 e. The number of rotatable bonds is 11. The quantitative estimate of drug-likeness (QED) is 0.201. The molecule has 0 unspecified atom stereocenters. The van der Waals surface area contributed by atoms with Gasteiger partial charge in [-0.25, -0.2) is 0 Å². The molecule has 2 heterocycles. The van der Waals surface area contributed by atoms with Crippen molar-refractivity contribution in [3.63, 3.8) is 0 Å². The molecule has 1 aliphatic heterocycles. The van der Waals surface area contributed by atoms with Crippen LogP contribution in [0.25, 0.3) is 0 Å². The van der Waals surface area contributed by atoms with E-state index in [1.807, 2.05) is 36.3 Å². The van der Waals surface area contributed by atoms with E-state index < -0.39 is 68.3 Å². The number of nitrogens with zero attached hydrogens (tertiary/aromatic N) is 1. The Labute approximate surface area is 179 Å². The van der Waals surface area contributed by atoms with Crippen molar-refractivity contribution in [3.05, 3.63) is 22.4 Å². The van der Waals surface area contributed by atoms with Gasteiger partial charge in [0.15, 0.2) is 6.29 Å². The second-order valence-electron chi connectivity index (χ2n) is 7.22. The minimum absolute atomic E-state index is 0.573. The third-order valence-corrected chi connectivity index (χ3v) is 6.35. The molecular weight excluding hydrogens is 418 g/mol. The predicted molar refractivity (Wildman–Crippen MR) is 108 cm³/mol. The summed E-state index contributed by atoms with van der Waals surface area (Å²) in [5, 5.41) is 72.5. The van der Waals surface area contributed by atoms with E-state index in [2.05, 4.69) is 0 Å². The summed E-state index contributed by atoms with van der Waals surface area (Å²) >= 11 is 1.42. The van der Waals surface area contributed by atoms with Gasteiger partial charge in [-0.1, -0.05) is 19.9 Å². The molecule has 30 heavy (non-hydrogen) atoms. The van der Waals surface area contributed by atoms with Gasteiger partial charge in [-0.15, -0.1) is 11.3 Å². The Morgan fingerprint density at radius 1 is 1.10 bits per heavy atom. The van der Waals surface area contributed by atoms with Crippen LogP contribution in [0.2, 0.25) is 0 Å². The molecule has 0 saturated carbocycles. The molecule has 1 aromatic heterocycles. The van der Waals surface area contributed by atoms with Gasteiger partial charge >= 0.3 is 0 Å². The Morgan fingerprint density at radius 2 is 1.77 bits per heavy atom. The van der Waals surface area contributed by atoms with E-state index in [-0.39, 0.29) is 0 Å². The molecule has 1 fully saturated rings. The van der Waals surface area contributed by atoms with Gasteiger partial charge in [0.2, 0.25) is 0 Å². The third kappa shape index (κ3) is 5.56. The number of thiophene rings is 1. The molecule has 10 nitrogen and oxygen atoms in total. The second-order valence-corrected chi connectivity index (χ2v) is 8.20. The molecule has 1 saturated heterocycles. The number of likely N-dealkylation sites (N-methyl/N-ethyl adjacent to an activating group) is 1. The standard InChI is InChI=1S/C19H33NO9S/c1-3-20(4-2)13(12-6-5-7-30-12)15(25)18(10(23)8-21)29-19-17(27)16(26)14(24)11(9-22)28-19/h5-7,10-11,13-19,21-27H,3-4,8-9H2,1-2H3/t10-,11-,13-,14+,15-,16+,17-,18-,19+/m1/s1. The van der Waals surface area contributed by atoms with Crippen molar-refractivity contribution >= 4 is 11.3 Å². The Hall–Kier alpha value is -0.700. The van der Waals surface area contributed by atoms with Crippen molar-refractivity contribution in [1.82, 2.24) is 4.90 Å². The lowest BCUT2D eigenvalue weighted by molar-refractivity contribution is -0.326. The van der Waals surface area contributed by atoms with Crippen LogP contribution in [0.15, 0.2) is 17.5 Å². The SMILES string of the molecule is CCN(CC)[C@H](c1cccs1)[C@@H](O)[C@H](O[C@@H]1O[C@H](CO)[C@H](O)[C@H](O)[C@H]1O)[C@H](O)CO. The molecule has 0 aromatic carbocycles. The number of aliphatic hydroxyl groups excluding tert-OH is 7. The van der Waals surface area contributed by atoms with Crippen LogP contribution in [0.3, 0.4) is 0 Å². The Balaban J connectivity index is 2.31. The zero-order valence-corrected chi connectivity index (χ0v) is 17.9. The summed E-state index contributed by atoms with van der Waals surface area (Å²) in [7, 11) is 0. The fourth-order valence-corrected chi connectivity index (χ4v) is 4.56. The van der Waals surface area contributed by atoms with Crippen LogP contribution in [0, 0.1) is 0 Å². The lowest BCUT2D eigenvalue weighted by Crippen LogP contribution is -2.61. The van der Waals surface area contributed by atoms with Crippen molar-refractivity contribution in [2.45, 2.75) is 68.9 Å². The van der Waals surface area contributed by atoms with E-state index in [1.165, 1.54) is 11.3 Å². The highest BCUT2D eigenvalue weighted by molar-refractivity contribution is 7.10. The third-order valence-electron chi connectivity index (χ3n) is 5.41. The molecule has 11 heteroatoms. The normalized spacial score (nSPS) is 31.5. The molecule has 7 N–H and O–H groups in total. The zero-order valence-electron chi connectivity index (χ0n) is 17.1. The Bertz CT molecular complexity index is 601. The average Bonchev–Trinajstić information content (AvgIpc) is 3.28. The summed E-state index contributed by atoms with van der Waals surface area (Å²) < 4.78 is 11.0. The minimum Gasteiger partial charge on any atom is -0.394 e. The van der Waals surface area contributed by atoms with Gasteiger partial charge in [0.25, 0.3) is 0 Å². The van der Waals surface area contributed by atoms with Crippen LogP contribution >= 0.6 is 11.3 Å². The van der Waals surface area contributed by atoms with Gasteiger partial charge < -0.3 is 45.2 Å². The maximum Gasteiger partial charge on any atom is 0.187 e.